The molecule has 0 aliphatic heterocycles. The highest BCUT2D eigenvalue weighted by Gasteiger charge is 2.04. The summed E-state index contributed by atoms with van der Waals surface area (Å²) >= 11 is 3.17. The van der Waals surface area contributed by atoms with Gasteiger partial charge in [0.15, 0.2) is 5.16 Å². The average molecular weight is 239 g/mol. The standard InChI is InChI=1S/C8H9N5S2/c1-5-6(15-4-12-5)2-14-8-11-3-10-7(9)13-8/h3-4H,2H2,1H3,(H2,9,10,11,13). The number of thiazole rings is 1. The summed E-state index contributed by atoms with van der Waals surface area (Å²) in [6, 6.07) is 0. The van der Waals surface area contributed by atoms with Gasteiger partial charge in [-0.2, -0.15) is 4.98 Å². The summed E-state index contributed by atoms with van der Waals surface area (Å²) in [5, 5.41) is 0.648. The number of hydrogen-bond acceptors (Lipinski definition) is 7. The van der Waals surface area contributed by atoms with Crippen molar-refractivity contribution < 1.29 is 0 Å². The first-order valence-electron chi connectivity index (χ1n) is 4.22. The van der Waals surface area contributed by atoms with Gasteiger partial charge in [-0.25, -0.2) is 15.0 Å². The van der Waals surface area contributed by atoms with Gasteiger partial charge >= 0.3 is 0 Å². The molecule has 5 nitrogen and oxygen atoms in total. The molecule has 2 aromatic rings. The summed E-state index contributed by atoms with van der Waals surface area (Å²) in [6.07, 6.45) is 1.42. The zero-order chi connectivity index (χ0) is 10.7. The van der Waals surface area contributed by atoms with Gasteiger partial charge in [0, 0.05) is 10.6 Å². The summed E-state index contributed by atoms with van der Waals surface area (Å²) in [7, 11) is 0. The Kier molecular flexibility index (Phi) is 3.12. The van der Waals surface area contributed by atoms with Crippen molar-refractivity contribution in [3.63, 3.8) is 0 Å². The molecular formula is C8H9N5S2. The summed E-state index contributed by atoms with van der Waals surface area (Å²) in [4.78, 5) is 17.2. The first-order chi connectivity index (χ1) is 7.25. The van der Waals surface area contributed by atoms with Crippen LogP contribution < -0.4 is 5.73 Å². The minimum absolute atomic E-state index is 0.258. The third-order valence-corrected chi connectivity index (χ3v) is 3.75. The average Bonchev–Trinajstić information content (AvgIpc) is 2.61. The van der Waals surface area contributed by atoms with Crippen LogP contribution in [0.1, 0.15) is 10.6 Å². The maximum atomic E-state index is 5.45. The van der Waals surface area contributed by atoms with Gasteiger partial charge in [-0.15, -0.1) is 11.3 Å². The molecule has 78 valence electrons. The molecule has 0 unspecified atom stereocenters. The molecular weight excluding hydrogens is 230 g/mol. The SMILES string of the molecule is Cc1ncsc1CSc1ncnc(N)n1. The Bertz CT molecular complexity index is 456. The zero-order valence-corrected chi connectivity index (χ0v) is 9.68. The van der Waals surface area contributed by atoms with Crippen LogP contribution in [0.5, 0.6) is 0 Å². The molecule has 0 radical (unpaired) electrons. The Morgan fingerprint density at radius 1 is 1.40 bits per heavy atom. The normalized spacial score (nSPS) is 10.5. The second-order valence-corrected chi connectivity index (χ2v) is 4.66. The fraction of sp³-hybridized carbons (Fsp3) is 0.250. The molecule has 0 aliphatic carbocycles. The molecule has 0 amide bonds. The number of aryl methyl sites for hydroxylation is 1. The van der Waals surface area contributed by atoms with E-state index < -0.39 is 0 Å². The van der Waals surface area contributed by atoms with Gasteiger partial charge in [0.25, 0.3) is 0 Å². The van der Waals surface area contributed by atoms with Gasteiger partial charge in [0.1, 0.15) is 6.33 Å². The second-order valence-electron chi connectivity index (χ2n) is 2.78. The van der Waals surface area contributed by atoms with E-state index in [9.17, 15) is 0 Å². The zero-order valence-electron chi connectivity index (χ0n) is 8.04. The van der Waals surface area contributed by atoms with Crippen molar-refractivity contribution >= 4 is 29.0 Å². The van der Waals surface area contributed by atoms with E-state index in [1.54, 1.807) is 11.3 Å². The Hall–Kier alpha value is -1.21. The van der Waals surface area contributed by atoms with Gasteiger partial charge in [-0.05, 0) is 6.92 Å². The molecule has 0 fully saturated rings. The number of aromatic nitrogens is 4. The number of nitrogen functional groups attached to an aromatic ring is 1. The number of nitrogens with zero attached hydrogens (tertiary/aromatic N) is 4. The van der Waals surface area contributed by atoms with Crippen LogP contribution in [0.4, 0.5) is 5.95 Å². The van der Waals surface area contributed by atoms with E-state index in [1.807, 2.05) is 12.4 Å². The van der Waals surface area contributed by atoms with Crippen LogP contribution in [0, 0.1) is 6.92 Å². The number of thioether (sulfide) groups is 1. The van der Waals surface area contributed by atoms with Crippen LogP contribution in [-0.4, -0.2) is 19.9 Å². The van der Waals surface area contributed by atoms with Crippen LogP contribution in [0.3, 0.4) is 0 Å². The Morgan fingerprint density at radius 3 is 2.93 bits per heavy atom. The lowest BCUT2D eigenvalue weighted by Gasteiger charge is -1.98. The smallest absolute Gasteiger partial charge is 0.223 e. The Balaban J connectivity index is 2.02. The van der Waals surface area contributed by atoms with E-state index in [-0.39, 0.29) is 5.95 Å². The van der Waals surface area contributed by atoms with Crippen molar-refractivity contribution in [1.29, 1.82) is 0 Å². The highest BCUT2D eigenvalue weighted by Crippen LogP contribution is 2.23. The van der Waals surface area contributed by atoms with Crippen LogP contribution in [0.25, 0.3) is 0 Å². The molecule has 0 spiro atoms. The Morgan fingerprint density at radius 2 is 2.27 bits per heavy atom. The number of anilines is 1. The fourth-order valence-electron chi connectivity index (χ4n) is 0.958. The minimum Gasteiger partial charge on any atom is -0.368 e. The molecule has 2 heterocycles. The highest BCUT2D eigenvalue weighted by atomic mass is 32.2. The lowest BCUT2D eigenvalue weighted by atomic mass is 10.4. The molecule has 0 saturated carbocycles. The third-order valence-electron chi connectivity index (χ3n) is 1.75. The Labute approximate surface area is 95.2 Å². The number of nitrogens with two attached hydrogens (primary N) is 1. The van der Waals surface area contributed by atoms with Gasteiger partial charge in [0.05, 0.1) is 11.2 Å². The van der Waals surface area contributed by atoms with Crippen molar-refractivity contribution in [2.24, 2.45) is 0 Å². The lowest BCUT2D eigenvalue weighted by molar-refractivity contribution is 0.915. The number of rotatable bonds is 3. The highest BCUT2D eigenvalue weighted by molar-refractivity contribution is 7.98. The van der Waals surface area contributed by atoms with E-state index >= 15 is 0 Å². The molecule has 7 heteroatoms. The van der Waals surface area contributed by atoms with Crippen LogP contribution in [-0.2, 0) is 5.75 Å². The maximum absolute atomic E-state index is 5.45. The van der Waals surface area contributed by atoms with E-state index in [4.69, 9.17) is 5.73 Å². The van der Waals surface area contributed by atoms with Crippen molar-refractivity contribution in [2.45, 2.75) is 17.8 Å². The number of hydrogen-bond donors (Lipinski definition) is 1. The predicted molar refractivity (Wildman–Crippen MR) is 60.7 cm³/mol. The quantitative estimate of drug-likeness (QED) is 0.818. The topological polar surface area (TPSA) is 77.6 Å². The van der Waals surface area contributed by atoms with E-state index in [1.165, 1.54) is 23.0 Å². The van der Waals surface area contributed by atoms with Crippen LogP contribution >= 0.6 is 23.1 Å². The summed E-state index contributed by atoms with van der Waals surface area (Å²) in [5.41, 5.74) is 8.36. The molecule has 2 N–H and O–H groups in total. The van der Waals surface area contributed by atoms with Gasteiger partial charge in [-0.1, -0.05) is 11.8 Å². The lowest BCUT2D eigenvalue weighted by Crippen LogP contribution is -1.97. The molecule has 0 saturated heterocycles. The molecule has 0 atom stereocenters. The van der Waals surface area contributed by atoms with Gasteiger partial charge in [-0.3, -0.25) is 0 Å². The van der Waals surface area contributed by atoms with E-state index in [0.717, 1.165) is 11.4 Å². The van der Waals surface area contributed by atoms with E-state index in [0.29, 0.717) is 5.16 Å². The first-order valence-corrected chi connectivity index (χ1v) is 6.08. The van der Waals surface area contributed by atoms with Gasteiger partial charge < -0.3 is 5.73 Å². The maximum Gasteiger partial charge on any atom is 0.223 e. The monoisotopic (exact) mass is 239 g/mol. The third kappa shape index (κ3) is 2.63. The van der Waals surface area contributed by atoms with Gasteiger partial charge in [0.2, 0.25) is 5.95 Å². The summed E-state index contributed by atoms with van der Waals surface area (Å²) < 4.78 is 0. The molecule has 0 aromatic carbocycles. The van der Waals surface area contributed by atoms with E-state index in [2.05, 4.69) is 19.9 Å². The fourth-order valence-corrected chi connectivity index (χ4v) is 2.72. The first kappa shape index (κ1) is 10.3. The summed E-state index contributed by atoms with van der Waals surface area (Å²) in [5.74, 6) is 1.08. The van der Waals surface area contributed by atoms with Crippen molar-refractivity contribution in [1.82, 2.24) is 19.9 Å². The minimum atomic E-state index is 0.258. The van der Waals surface area contributed by atoms with Crippen molar-refractivity contribution in [3.8, 4) is 0 Å². The molecule has 0 bridgehead atoms. The van der Waals surface area contributed by atoms with Crippen molar-refractivity contribution in [3.05, 3.63) is 22.4 Å². The second kappa shape index (κ2) is 4.54. The van der Waals surface area contributed by atoms with Crippen molar-refractivity contribution in [2.75, 3.05) is 5.73 Å². The largest absolute Gasteiger partial charge is 0.368 e. The van der Waals surface area contributed by atoms with Crippen LogP contribution in [0.2, 0.25) is 0 Å². The predicted octanol–water partition coefficient (Wildman–Crippen LogP) is 1.51. The molecule has 2 rings (SSSR count). The van der Waals surface area contributed by atoms with Crippen LogP contribution in [0.15, 0.2) is 17.0 Å². The molecule has 0 aliphatic rings. The molecule has 15 heavy (non-hydrogen) atoms. The summed E-state index contributed by atoms with van der Waals surface area (Å²) in [6.45, 7) is 1.99. The molecule has 2 aromatic heterocycles.